The minimum atomic E-state index is 0.774. The molecule has 0 aromatic carbocycles. The molecule has 0 aromatic rings. The second-order valence-electron chi connectivity index (χ2n) is 13.2. The SMILES string of the molecule is CCCCCC1CCC(C2(C3CCC(C4CCC(CCC)CC4)CC3)CCCCC2)CC1. The molecule has 4 aliphatic rings. The number of hydrogen-bond donors (Lipinski definition) is 0. The number of hydrogen-bond acceptors (Lipinski definition) is 0. The molecular formula is C32H58. The van der Waals surface area contributed by atoms with Gasteiger partial charge in [-0.25, -0.2) is 0 Å². The van der Waals surface area contributed by atoms with E-state index in [0.29, 0.717) is 0 Å². The fourth-order valence-corrected chi connectivity index (χ4v) is 9.59. The van der Waals surface area contributed by atoms with Crippen LogP contribution in [0.15, 0.2) is 0 Å². The Balaban J connectivity index is 1.29. The molecule has 4 rings (SSSR count). The first kappa shape index (κ1) is 25.1. The van der Waals surface area contributed by atoms with Crippen LogP contribution in [-0.4, -0.2) is 0 Å². The van der Waals surface area contributed by atoms with Crippen molar-refractivity contribution in [2.45, 2.75) is 162 Å². The van der Waals surface area contributed by atoms with Crippen molar-refractivity contribution < 1.29 is 0 Å². The van der Waals surface area contributed by atoms with E-state index in [0.717, 1.165) is 40.9 Å². The summed E-state index contributed by atoms with van der Waals surface area (Å²) in [7, 11) is 0. The van der Waals surface area contributed by atoms with Crippen molar-refractivity contribution in [3.63, 3.8) is 0 Å². The van der Waals surface area contributed by atoms with Crippen LogP contribution in [0.4, 0.5) is 0 Å². The molecule has 32 heavy (non-hydrogen) atoms. The molecule has 0 saturated heterocycles. The summed E-state index contributed by atoms with van der Waals surface area (Å²) < 4.78 is 0. The van der Waals surface area contributed by atoms with E-state index in [2.05, 4.69) is 13.8 Å². The van der Waals surface area contributed by atoms with Gasteiger partial charge in [0, 0.05) is 0 Å². The lowest BCUT2D eigenvalue weighted by molar-refractivity contribution is -0.0308. The smallest absolute Gasteiger partial charge is 0.0241 e. The third-order valence-electron chi connectivity index (χ3n) is 11.5. The summed E-state index contributed by atoms with van der Waals surface area (Å²) in [4.78, 5) is 0. The summed E-state index contributed by atoms with van der Waals surface area (Å²) in [5, 5.41) is 0. The van der Waals surface area contributed by atoms with Gasteiger partial charge in [-0.2, -0.15) is 0 Å². The molecule has 0 bridgehead atoms. The van der Waals surface area contributed by atoms with Gasteiger partial charge in [0.1, 0.15) is 0 Å². The van der Waals surface area contributed by atoms with Crippen LogP contribution in [0.3, 0.4) is 0 Å². The van der Waals surface area contributed by atoms with Crippen molar-refractivity contribution >= 4 is 0 Å². The fraction of sp³-hybridized carbons (Fsp3) is 1.00. The summed E-state index contributed by atoms with van der Waals surface area (Å²) in [5.74, 6) is 6.55. The monoisotopic (exact) mass is 442 g/mol. The number of unbranched alkanes of at least 4 members (excludes halogenated alkanes) is 2. The molecule has 0 amide bonds. The molecule has 0 nitrogen and oxygen atoms in total. The van der Waals surface area contributed by atoms with Gasteiger partial charge in [-0.05, 0) is 105 Å². The van der Waals surface area contributed by atoms with Gasteiger partial charge in [-0.3, -0.25) is 0 Å². The van der Waals surface area contributed by atoms with Gasteiger partial charge in [0.05, 0.1) is 0 Å². The molecule has 4 aliphatic carbocycles. The topological polar surface area (TPSA) is 0 Å². The van der Waals surface area contributed by atoms with Gasteiger partial charge in [-0.15, -0.1) is 0 Å². The maximum atomic E-state index is 2.38. The van der Waals surface area contributed by atoms with Crippen LogP contribution in [0.25, 0.3) is 0 Å². The molecular weight excluding hydrogens is 384 g/mol. The predicted octanol–water partition coefficient (Wildman–Crippen LogP) is 10.7. The maximum Gasteiger partial charge on any atom is -0.0241 e. The first-order valence-electron chi connectivity index (χ1n) is 15.7. The Morgan fingerprint density at radius 2 is 1.00 bits per heavy atom. The Morgan fingerprint density at radius 1 is 0.500 bits per heavy atom. The summed E-state index contributed by atoms with van der Waals surface area (Å²) >= 11 is 0. The normalized spacial score (nSPS) is 38.4. The zero-order chi connectivity index (χ0) is 22.2. The Hall–Kier alpha value is 0. The molecule has 0 aromatic heterocycles. The Bertz CT molecular complexity index is 490. The van der Waals surface area contributed by atoms with Crippen molar-refractivity contribution in [2.24, 2.45) is 40.9 Å². The maximum absolute atomic E-state index is 2.38. The molecule has 0 radical (unpaired) electrons. The van der Waals surface area contributed by atoms with Crippen LogP contribution in [0.2, 0.25) is 0 Å². The number of rotatable bonds is 9. The van der Waals surface area contributed by atoms with Gasteiger partial charge >= 0.3 is 0 Å². The summed E-state index contributed by atoms with van der Waals surface area (Å²) in [6.07, 6.45) is 35.7. The van der Waals surface area contributed by atoms with E-state index >= 15 is 0 Å². The zero-order valence-corrected chi connectivity index (χ0v) is 22.2. The fourth-order valence-electron chi connectivity index (χ4n) is 9.59. The van der Waals surface area contributed by atoms with Crippen LogP contribution >= 0.6 is 0 Å². The van der Waals surface area contributed by atoms with Crippen molar-refractivity contribution in [3.8, 4) is 0 Å². The Labute approximate surface area is 202 Å². The van der Waals surface area contributed by atoms with Crippen LogP contribution in [-0.2, 0) is 0 Å². The quantitative estimate of drug-likeness (QED) is 0.311. The first-order valence-corrected chi connectivity index (χ1v) is 15.7. The van der Waals surface area contributed by atoms with Gasteiger partial charge in [0.25, 0.3) is 0 Å². The van der Waals surface area contributed by atoms with Gasteiger partial charge in [-0.1, -0.05) is 97.3 Å². The lowest BCUT2D eigenvalue weighted by Gasteiger charge is -2.53. The average Bonchev–Trinajstić information content (AvgIpc) is 2.86. The highest BCUT2D eigenvalue weighted by Gasteiger charge is 2.47. The van der Waals surface area contributed by atoms with Crippen molar-refractivity contribution in [1.29, 1.82) is 0 Å². The molecule has 0 unspecified atom stereocenters. The summed E-state index contributed by atoms with van der Waals surface area (Å²) in [5.41, 5.74) is 0.774. The van der Waals surface area contributed by atoms with Gasteiger partial charge in [0.2, 0.25) is 0 Å². The van der Waals surface area contributed by atoms with Gasteiger partial charge < -0.3 is 0 Å². The largest absolute Gasteiger partial charge is 0.0654 e. The second kappa shape index (κ2) is 12.6. The first-order chi connectivity index (χ1) is 15.7. The molecule has 186 valence electrons. The van der Waals surface area contributed by atoms with Crippen molar-refractivity contribution in [2.75, 3.05) is 0 Å². The molecule has 0 aliphatic heterocycles. The minimum absolute atomic E-state index is 0.774. The van der Waals surface area contributed by atoms with Crippen LogP contribution in [0, 0.1) is 40.9 Å². The van der Waals surface area contributed by atoms with Crippen molar-refractivity contribution in [3.05, 3.63) is 0 Å². The van der Waals surface area contributed by atoms with E-state index in [9.17, 15) is 0 Å². The highest BCUT2D eigenvalue weighted by Crippen LogP contribution is 2.58. The highest BCUT2D eigenvalue weighted by molar-refractivity contribution is 4.98. The van der Waals surface area contributed by atoms with E-state index in [4.69, 9.17) is 0 Å². The van der Waals surface area contributed by atoms with E-state index in [1.807, 2.05) is 0 Å². The van der Waals surface area contributed by atoms with E-state index in [1.165, 1.54) is 38.5 Å². The zero-order valence-electron chi connectivity index (χ0n) is 22.2. The van der Waals surface area contributed by atoms with Crippen LogP contribution in [0.1, 0.15) is 162 Å². The van der Waals surface area contributed by atoms with Gasteiger partial charge in [0.15, 0.2) is 0 Å². The predicted molar refractivity (Wildman–Crippen MR) is 141 cm³/mol. The average molecular weight is 443 g/mol. The van der Waals surface area contributed by atoms with Crippen LogP contribution < -0.4 is 0 Å². The standard InChI is InChI=1S/C32H58/c1-3-5-7-11-27-14-20-30(21-15-27)32(24-8-6-9-25-32)31-22-18-29(19-23-31)28-16-12-26(10-4-2)13-17-28/h26-31H,3-25H2,1-2H3. The molecule has 0 heteroatoms. The van der Waals surface area contributed by atoms with E-state index < -0.39 is 0 Å². The van der Waals surface area contributed by atoms with Crippen LogP contribution in [0.5, 0.6) is 0 Å². The molecule has 0 spiro atoms. The molecule has 0 N–H and O–H groups in total. The molecule has 4 fully saturated rings. The minimum Gasteiger partial charge on any atom is -0.0654 e. The third-order valence-corrected chi connectivity index (χ3v) is 11.5. The highest BCUT2D eigenvalue weighted by atomic mass is 14.5. The molecule has 4 saturated carbocycles. The summed E-state index contributed by atoms with van der Waals surface area (Å²) in [6.45, 7) is 4.74. The molecule has 0 atom stereocenters. The molecule has 0 heterocycles. The Kier molecular flexibility index (Phi) is 9.91. The second-order valence-corrected chi connectivity index (χ2v) is 13.2. The van der Waals surface area contributed by atoms with Crippen molar-refractivity contribution in [1.82, 2.24) is 0 Å². The summed E-state index contributed by atoms with van der Waals surface area (Å²) in [6, 6.07) is 0. The van der Waals surface area contributed by atoms with E-state index in [1.54, 1.807) is 109 Å². The third kappa shape index (κ3) is 6.16. The lowest BCUT2D eigenvalue weighted by Crippen LogP contribution is -2.43. The Morgan fingerprint density at radius 3 is 1.56 bits per heavy atom. The van der Waals surface area contributed by atoms with E-state index in [-0.39, 0.29) is 0 Å². The lowest BCUT2D eigenvalue weighted by atomic mass is 9.52.